The second kappa shape index (κ2) is 9.28. The topological polar surface area (TPSA) is 127 Å². The van der Waals surface area contributed by atoms with Gasteiger partial charge in [-0.25, -0.2) is 13.2 Å². The summed E-state index contributed by atoms with van der Waals surface area (Å²) in [4.78, 5) is 25.5. The summed E-state index contributed by atoms with van der Waals surface area (Å²) in [7, 11) is -4.08. The molecule has 1 heterocycles. The third-order valence-corrected chi connectivity index (χ3v) is 9.82. The molecular formula is C23H26Cl2N2O6S. The fourth-order valence-electron chi connectivity index (χ4n) is 4.43. The molecule has 1 aliphatic rings. The number of aliphatic carboxylic acids is 1. The molecule has 8 nitrogen and oxygen atoms in total. The molecule has 184 valence electrons. The van der Waals surface area contributed by atoms with Gasteiger partial charge in [-0.3, -0.25) is 4.79 Å². The number of hydrogen-bond acceptors (Lipinski definition) is 5. The van der Waals surface area contributed by atoms with E-state index in [1.807, 2.05) is 0 Å². The fraction of sp³-hybridized carbons (Fsp3) is 0.391. The van der Waals surface area contributed by atoms with Crippen LogP contribution in [0, 0.1) is 5.41 Å². The van der Waals surface area contributed by atoms with E-state index < -0.39 is 38.0 Å². The smallest absolute Gasteiger partial charge is 0.315 e. The van der Waals surface area contributed by atoms with Gasteiger partial charge in [0.05, 0.1) is 15.7 Å². The van der Waals surface area contributed by atoms with Crippen molar-refractivity contribution in [2.24, 2.45) is 11.1 Å². The highest BCUT2D eigenvalue weighted by Crippen LogP contribution is 2.48. The first-order valence-corrected chi connectivity index (χ1v) is 12.7. The first-order valence-electron chi connectivity index (χ1n) is 10.4. The highest BCUT2D eigenvalue weighted by molar-refractivity contribution is 7.92. The third kappa shape index (κ3) is 4.44. The van der Waals surface area contributed by atoms with E-state index in [2.05, 4.69) is 0 Å². The molecule has 2 unspecified atom stereocenters. The number of halogens is 2. The maximum atomic E-state index is 13.6. The Bertz CT molecular complexity index is 1220. The number of amides is 2. The number of likely N-dealkylation sites (tertiary alicyclic amines) is 1. The van der Waals surface area contributed by atoms with Crippen molar-refractivity contribution in [3.63, 3.8) is 0 Å². The second-order valence-electron chi connectivity index (χ2n) is 8.87. The van der Waals surface area contributed by atoms with Crippen molar-refractivity contribution in [2.75, 3.05) is 6.54 Å². The monoisotopic (exact) mass is 528 g/mol. The molecule has 2 aromatic rings. The number of carbonyl (C=O) groups excluding carboxylic acids is 1. The quantitative estimate of drug-likeness (QED) is 0.572. The molecule has 11 heteroatoms. The number of nitrogens with zero attached hydrogens (tertiary/aromatic N) is 1. The Balaban J connectivity index is 1.87. The number of carboxylic acids is 1. The lowest BCUT2D eigenvalue weighted by Gasteiger charge is -2.54. The Hall–Kier alpha value is -2.49. The van der Waals surface area contributed by atoms with Crippen molar-refractivity contribution >= 4 is 45.0 Å². The summed E-state index contributed by atoms with van der Waals surface area (Å²) < 4.78 is 32.8. The van der Waals surface area contributed by atoms with Gasteiger partial charge in [0, 0.05) is 22.2 Å². The van der Waals surface area contributed by atoms with Crippen LogP contribution in [0.4, 0.5) is 4.79 Å². The van der Waals surface area contributed by atoms with Gasteiger partial charge >= 0.3 is 12.0 Å². The first-order chi connectivity index (χ1) is 15.7. The van der Waals surface area contributed by atoms with Gasteiger partial charge in [0.2, 0.25) is 0 Å². The zero-order chi connectivity index (χ0) is 25.5. The van der Waals surface area contributed by atoms with Crippen LogP contribution in [0.1, 0.15) is 32.8 Å². The SMILES string of the molecule is CC1(C(=O)O)C(S(=O)(=O)c2ccc(OCc3ccc(Cl)cc3Cl)cc2)CCN(C(N)=O)C1(C)C. The van der Waals surface area contributed by atoms with E-state index in [4.69, 9.17) is 33.7 Å². The lowest BCUT2D eigenvalue weighted by Crippen LogP contribution is -2.70. The summed E-state index contributed by atoms with van der Waals surface area (Å²) in [5.74, 6) is -0.910. The number of piperidine rings is 1. The van der Waals surface area contributed by atoms with E-state index in [1.54, 1.807) is 18.2 Å². The van der Waals surface area contributed by atoms with Crippen LogP contribution in [0.25, 0.3) is 0 Å². The molecule has 3 N–H and O–H groups in total. The largest absolute Gasteiger partial charge is 0.489 e. The predicted molar refractivity (Wildman–Crippen MR) is 129 cm³/mol. The van der Waals surface area contributed by atoms with Crippen molar-refractivity contribution in [3.8, 4) is 5.75 Å². The van der Waals surface area contributed by atoms with E-state index in [1.165, 1.54) is 49.9 Å². The Kier molecular flexibility index (Phi) is 7.13. The normalized spacial score (nSPS) is 22.3. The number of primary amides is 1. The van der Waals surface area contributed by atoms with Crippen molar-refractivity contribution in [1.29, 1.82) is 0 Å². The Morgan fingerprint density at radius 3 is 2.29 bits per heavy atom. The number of carbonyl (C=O) groups is 2. The zero-order valence-electron chi connectivity index (χ0n) is 18.9. The Morgan fingerprint density at radius 1 is 1.15 bits per heavy atom. The third-order valence-electron chi connectivity index (χ3n) is 6.85. The van der Waals surface area contributed by atoms with Crippen LogP contribution in [0.2, 0.25) is 10.0 Å². The average molecular weight is 529 g/mol. The predicted octanol–water partition coefficient (Wildman–Crippen LogP) is 4.37. The van der Waals surface area contributed by atoms with Crippen LogP contribution in [-0.4, -0.2) is 47.8 Å². The van der Waals surface area contributed by atoms with Crippen molar-refractivity contribution in [1.82, 2.24) is 4.90 Å². The summed E-state index contributed by atoms with van der Waals surface area (Å²) in [5, 5.41) is 9.77. The number of carboxylic acid groups (broad SMARTS) is 1. The van der Waals surface area contributed by atoms with Crippen LogP contribution in [0.15, 0.2) is 47.4 Å². The lowest BCUT2D eigenvalue weighted by molar-refractivity contribution is -0.159. The number of nitrogens with two attached hydrogens (primary N) is 1. The van der Waals surface area contributed by atoms with Gasteiger partial charge in [0.25, 0.3) is 0 Å². The number of benzene rings is 2. The Morgan fingerprint density at radius 2 is 1.76 bits per heavy atom. The van der Waals surface area contributed by atoms with Crippen LogP contribution in [0.5, 0.6) is 5.75 Å². The molecule has 0 radical (unpaired) electrons. The van der Waals surface area contributed by atoms with Crippen LogP contribution < -0.4 is 10.5 Å². The molecule has 3 rings (SSSR count). The molecule has 0 saturated carbocycles. The summed E-state index contributed by atoms with van der Waals surface area (Å²) in [6.07, 6.45) is -0.0647. The molecule has 0 aromatic heterocycles. The molecule has 1 fully saturated rings. The van der Waals surface area contributed by atoms with Gasteiger partial charge in [0.15, 0.2) is 9.84 Å². The van der Waals surface area contributed by atoms with Crippen molar-refractivity contribution < 1.29 is 27.9 Å². The fourth-order valence-corrected chi connectivity index (χ4v) is 7.16. The first kappa shape index (κ1) is 26.1. The number of urea groups is 1. The molecule has 0 spiro atoms. The van der Waals surface area contributed by atoms with E-state index >= 15 is 0 Å². The van der Waals surface area contributed by atoms with Gasteiger partial charge in [-0.2, -0.15) is 0 Å². The Labute approximate surface area is 208 Å². The van der Waals surface area contributed by atoms with Crippen LogP contribution in [0.3, 0.4) is 0 Å². The number of ether oxygens (including phenoxy) is 1. The van der Waals surface area contributed by atoms with Gasteiger partial charge in [-0.05, 0) is 63.6 Å². The second-order valence-corrected chi connectivity index (χ2v) is 11.8. The molecule has 1 aliphatic heterocycles. The molecular weight excluding hydrogens is 503 g/mol. The molecule has 34 heavy (non-hydrogen) atoms. The number of sulfone groups is 1. The van der Waals surface area contributed by atoms with E-state index in [0.29, 0.717) is 21.4 Å². The molecule has 2 amide bonds. The molecule has 2 aromatic carbocycles. The zero-order valence-corrected chi connectivity index (χ0v) is 21.2. The van der Waals surface area contributed by atoms with Gasteiger partial charge in [-0.1, -0.05) is 29.3 Å². The van der Waals surface area contributed by atoms with Gasteiger partial charge in [-0.15, -0.1) is 0 Å². The summed E-state index contributed by atoms with van der Waals surface area (Å²) in [5.41, 5.74) is 3.01. The summed E-state index contributed by atoms with van der Waals surface area (Å²) in [6.45, 7) is 4.57. The maximum Gasteiger partial charge on any atom is 0.315 e. The minimum atomic E-state index is -4.08. The average Bonchev–Trinajstić information content (AvgIpc) is 2.74. The van der Waals surface area contributed by atoms with Crippen molar-refractivity contribution in [3.05, 3.63) is 58.1 Å². The highest BCUT2D eigenvalue weighted by Gasteiger charge is 2.63. The summed E-state index contributed by atoms with van der Waals surface area (Å²) >= 11 is 12.0. The maximum absolute atomic E-state index is 13.6. The van der Waals surface area contributed by atoms with Gasteiger partial charge in [0.1, 0.15) is 17.8 Å². The van der Waals surface area contributed by atoms with E-state index in [9.17, 15) is 23.1 Å². The van der Waals surface area contributed by atoms with Gasteiger partial charge < -0.3 is 20.5 Å². The van der Waals surface area contributed by atoms with E-state index in [0.717, 1.165) is 0 Å². The number of rotatable bonds is 6. The van der Waals surface area contributed by atoms with Crippen LogP contribution in [-0.2, 0) is 21.2 Å². The summed E-state index contributed by atoms with van der Waals surface area (Å²) in [6, 6.07) is 9.98. The molecule has 2 atom stereocenters. The standard InChI is InChI=1S/C23H26Cl2N2O6S/c1-22(2)23(3,20(28)29)19(10-11-27(22)21(26)30)34(31,32)17-8-6-16(7-9-17)33-13-14-4-5-15(24)12-18(14)25/h4-9,12,19H,10-11,13H2,1-3H3,(H2,26,30)(H,28,29). The van der Waals surface area contributed by atoms with E-state index in [-0.39, 0.29) is 24.5 Å². The highest BCUT2D eigenvalue weighted by atomic mass is 35.5. The minimum absolute atomic E-state index is 0.0259. The minimum Gasteiger partial charge on any atom is -0.489 e. The molecule has 0 aliphatic carbocycles. The van der Waals surface area contributed by atoms with Crippen LogP contribution >= 0.6 is 23.2 Å². The van der Waals surface area contributed by atoms with Crippen molar-refractivity contribution in [2.45, 2.75) is 49.5 Å². The number of hydrogen-bond donors (Lipinski definition) is 2. The molecule has 0 bridgehead atoms. The lowest BCUT2D eigenvalue weighted by atomic mass is 9.66. The molecule has 1 saturated heterocycles.